The second-order valence-corrected chi connectivity index (χ2v) is 8.18. The molecule has 2 rings (SSSR count). The van der Waals surface area contributed by atoms with Gasteiger partial charge in [0.1, 0.15) is 17.4 Å². The summed E-state index contributed by atoms with van der Waals surface area (Å²) in [5.41, 5.74) is 3.34. The van der Waals surface area contributed by atoms with Gasteiger partial charge < -0.3 is 10.1 Å². The molecule has 0 spiro atoms. The van der Waals surface area contributed by atoms with Crippen LogP contribution >= 0.6 is 11.6 Å². The Morgan fingerprint density at radius 1 is 1.10 bits per heavy atom. The van der Waals surface area contributed by atoms with Crippen LogP contribution in [0.1, 0.15) is 62.1 Å². The smallest absolute Gasteiger partial charge is 0.266 e. The van der Waals surface area contributed by atoms with E-state index in [1.165, 1.54) is 31.8 Å². The van der Waals surface area contributed by atoms with Crippen LogP contribution in [-0.2, 0) is 4.79 Å². The quantitative estimate of drug-likeness (QED) is 0.228. The van der Waals surface area contributed by atoms with Crippen LogP contribution < -0.4 is 10.1 Å². The van der Waals surface area contributed by atoms with Crippen molar-refractivity contribution < 1.29 is 9.53 Å². The number of carbonyl (C=O) groups is 1. The fourth-order valence-electron chi connectivity index (χ4n) is 3.28. The lowest BCUT2D eigenvalue weighted by Gasteiger charge is -2.11. The van der Waals surface area contributed by atoms with E-state index >= 15 is 0 Å². The van der Waals surface area contributed by atoms with E-state index in [4.69, 9.17) is 16.3 Å². The van der Waals surface area contributed by atoms with Crippen LogP contribution in [0.25, 0.3) is 6.08 Å². The summed E-state index contributed by atoms with van der Waals surface area (Å²) in [6.07, 6.45) is 8.59. The van der Waals surface area contributed by atoms with Gasteiger partial charge in [-0.25, -0.2) is 0 Å². The summed E-state index contributed by atoms with van der Waals surface area (Å²) in [6, 6.07) is 13.0. The van der Waals surface area contributed by atoms with E-state index in [0.717, 1.165) is 24.0 Å². The van der Waals surface area contributed by atoms with Crippen molar-refractivity contribution in [3.8, 4) is 11.8 Å². The number of hydrogen-bond acceptors (Lipinski definition) is 3. The van der Waals surface area contributed by atoms with Gasteiger partial charge in [0, 0.05) is 16.3 Å². The largest absolute Gasteiger partial charge is 0.493 e. The first-order chi connectivity index (χ1) is 14.9. The molecule has 0 radical (unpaired) electrons. The SMILES string of the molecule is CCCCCCCCOc1ccc(Cl)cc1/C=C(\C#N)C(=O)Nc1ccc(C)cc1C. The van der Waals surface area contributed by atoms with E-state index in [0.29, 0.717) is 28.6 Å². The average molecular weight is 439 g/mol. The van der Waals surface area contributed by atoms with E-state index in [9.17, 15) is 10.1 Å². The van der Waals surface area contributed by atoms with Crippen molar-refractivity contribution >= 4 is 29.3 Å². The van der Waals surface area contributed by atoms with Crippen LogP contribution in [0.4, 0.5) is 5.69 Å². The Bertz CT molecular complexity index is 960. The zero-order valence-corrected chi connectivity index (χ0v) is 19.4. The molecule has 1 amide bonds. The number of nitrogens with zero attached hydrogens (tertiary/aromatic N) is 1. The number of nitriles is 1. The van der Waals surface area contributed by atoms with Crippen LogP contribution in [0.2, 0.25) is 5.02 Å². The zero-order valence-electron chi connectivity index (χ0n) is 18.6. The third-order valence-electron chi connectivity index (χ3n) is 5.02. The first-order valence-electron chi connectivity index (χ1n) is 10.9. The number of anilines is 1. The number of halogens is 1. The molecule has 0 atom stereocenters. The van der Waals surface area contributed by atoms with E-state index in [2.05, 4.69) is 12.2 Å². The molecule has 0 fully saturated rings. The first-order valence-corrected chi connectivity index (χ1v) is 11.2. The van der Waals surface area contributed by atoms with Gasteiger partial charge >= 0.3 is 0 Å². The number of benzene rings is 2. The van der Waals surface area contributed by atoms with Crippen LogP contribution in [0.3, 0.4) is 0 Å². The maximum absolute atomic E-state index is 12.7. The normalized spacial score (nSPS) is 11.1. The van der Waals surface area contributed by atoms with Gasteiger partial charge in [0.25, 0.3) is 5.91 Å². The molecule has 2 aromatic carbocycles. The predicted molar refractivity (Wildman–Crippen MR) is 128 cm³/mol. The van der Waals surface area contributed by atoms with E-state index < -0.39 is 5.91 Å². The average Bonchev–Trinajstić information content (AvgIpc) is 2.74. The second-order valence-electron chi connectivity index (χ2n) is 7.74. The molecule has 2 aromatic rings. The molecule has 0 heterocycles. The maximum atomic E-state index is 12.7. The van der Waals surface area contributed by atoms with Crippen molar-refractivity contribution in [1.29, 1.82) is 5.26 Å². The highest BCUT2D eigenvalue weighted by atomic mass is 35.5. The van der Waals surface area contributed by atoms with Gasteiger partial charge in [-0.15, -0.1) is 0 Å². The summed E-state index contributed by atoms with van der Waals surface area (Å²) >= 11 is 6.15. The molecular formula is C26H31ClN2O2. The Labute approximate surface area is 190 Å². The number of rotatable bonds is 11. The minimum absolute atomic E-state index is 0.00772. The number of nitrogens with one attached hydrogen (secondary N) is 1. The predicted octanol–water partition coefficient (Wildman–Crippen LogP) is 7.24. The summed E-state index contributed by atoms with van der Waals surface area (Å²) in [7, 11) is 0. The number of amides is 1. The Morgan fingerprint density at radius 3 is 2.55 bits per heavy atom. The lowest BCUT2D eigenvalue weighted by Crippen LogP contribution is -2.14. The van der Waals surface area contributed by atoms with Gasteiger partial charge in [0.2, 0.25) is 0 Å². The van der Waals surface area contributed by atoms with E-state index in [1.54, 1.807) is 18.2 Å². The van der Waals surface area contributed by atoms with Gasteiger partial charge in [-0.3, -0.25) is 4.79 Å². The van der Waals surface area contributed by atoms with Crippen LogP contribution in [0, 0.1) is 25.2 Å². The summed E-state index contributed by atoms with van der Waals surface area (Å²) in [4.78, 5) is 12.7. The Kier molecular flexibility index (Phi) is 10.1. The van der Waals surface area contributed by atoms with Gasteiger partial charge in [0.05, 0.1) is 6.61 Å². The fraction of sp³-hybridized carbons (Fsp3) is 0.385. The molecule has 0 aliphatic heterocycles. The number of hydrogen-bond donors (Lipinski definition) is 1. The summed E-state index contributed by atoms with van der Waals surface area (Å²) in [5, 5.41) is 12.9. The standard InChI is InChI=1S/C26H31ClN2O2/c1-4-5-6-7-8-9-14-31-25-13-11-23(27)17-21(25)16-22(18-28)26(30)29-24-12-10-19(2)15-20(24)3/h10-13,15-17H,4-9,14H2,1-3H3,(H,29,30)/b22-16+. The highest BCUT2D eigenvalue weighted by Gasteiger charge is 2.13. The molecule has 1 N–H and O–H groups in total. The van der Waals surface area contributed by atoms with Crippen molar-refractivity contribution in [2.24, 2.45) is 0 Å². The van der Waals surface area contributed by atoms with E-state index in [1.807, 2.05) is 38.1 Å². The monoisotopic (exact) mass is 438 g/mol. The summed E-state index contributed by atoms with van der Waals surface area (Å²) in [6.45, 7) is 6.70. The van der Waals surface area contributed by atoms with E-state index in [-0.39, 0.29) is 5.57 Å². The molecule has 0 aliphatic rings. The van der Waals surface area contributed by atoms with Crippen molar-refractivity contribution in [3.63, 3.8) is 0 Å². The molecule has 0 aromatic heterocycles. The number of carbonyl (C=O) groups excluding carboxylic acids is 1. The van der Waals surface area contributed by atoms with Crippen molar-refractivity contribution in [2.75, 3.05) is 11.9 Å². The Morgan fingerprint density at radius 2 is 1.84 bits per heavy atom. The lowest BCUT2D eigenvalue weighted by atomic mass is 10.1. The molecule has 0 saturated heterocycles. The fourth-order valence-corrected chi connectivity index (χ4v) is 3.46. The maximum Gasteiger partial charge on any atom is 0.266 e. The first kappa shape index (κ1) is 24.5. The summed E-state index contributed by atoms with van der Waals surface area (Å²) in [5.74, 6) is 0.154. The Hall–Kier alpha value is -2.77. The van der Waals surface area contributed by atoms with Crippen LogP contribution in [-0.4, -0.2) is 12.5 Å². The van der Waals surface area contributed by atoms with Gasteiger partial charge in [0.15, 0.2) is 0 Å². The van der Waals surface area contributed by atoms with Gasteiger partial charge in [-0.05, 0) is 56.2 Å². The lowest BCUT2D eigenvalue weighted by molar-refractivity contribution is -0.112. The molecule has 5 heteroatoms. The van der Waals surface area contributed by atoms with Crippen molar-refractivity contribution in [1.82, 2.24) is 0 Å². The molecule has 0 aliphatic carbocycles. The number of ether oxygens (including phenoxy) is 1. The highest BCUT2D eigenvalue weighted by molar-refractivity contribution is 6.30. The minimum Gasteiger partial charge on any atom is -0.493 e. The molecule has 0 bridgehead atoms. The molecule has 0 unspecified atom stereocenters. The topological polar surface area (TPSA) is 62.1 Å². The number of unbranched alkanes of at least 4 members (excludes halogenated alkanes) is 5. The third kappa shape index (κ3) is 8.11. The summed E-state index contributed by atoms with van der Waals surface area (Å²) < 4.78 is 5.93. The van der Waals surface area contributed by atoms with Crippen LogP contribution in [0.15, 0.2) is 42.0 Å². The Balaban J connectivity index is 2.09. The zero-order chi connectivity index (χ0) is 22.6. The molecule has 164 valence electrons. The van der Waals surface area contributed by atoms with Crippen LogP contribution in [0.5, 0.6) is 5.75 Å². The minimum atomic E-state index is -0.462. The van der Waals surface area contributed by atoms with Crippen molar-refractivity contribution in [3.05, 3.63) is 63.7 Å². The molecule has 0 saturated carbocycles. The molecule has 31 heavy (non-hydrogen) atoms. The third-order valence-corrected chi connectivity index (χ3v) is 5.26. The molecule has 4 nitrogen and oxygen atoms in total. The van der Waals surface area contributed by atoms with Gasteiger partial charge in [-0.2, -0.15) is 5.26 Å². The molecular weight excluding hydrogens is 408 g/mol. The van der Waals surface area contributed by atoms with Gasteiger partial charge in [-0.1, -0.05) is 68.3 Å². The highest BCUT2D eigenvalue weighted by Crippen LogP contribution is 2.26. The number of aryl methyl sites for hydroxylation is 2. The van der Waals surface area contributed by atoms with Crippen molar-refractivity contribution in [2.45, 2.75) is 59.3 Å². The second kappa shape index (κ2) is 12.8.